The number of likely N-dealkylation sites (tertiary alicyclic amines) is 1. The van der Waals surface area contributed by atoms with Crippen molar-refractivity contribution in [3.63, 3.8) is 0 Å². The third kappa shape index (κ3) is 3.42. The van der Waals surface area contributed by atoms with Crippen molar-refractivity contribution in [2.24, 2.45) is 0 Å². The molecule has 0 radical (unpaired) electrons. The topological polar surface area (TPSA) is 45.2 Å². The van der Waals surface area contributed by atoms with Gasteiger partial charge in [0.05, 0.1) is 11.7 Å². The van der Waals surface area contributed by atoms with Gasteiger partial charge in [-0.25, -0.2) is 4.98 Å². The second kappa shape index (κ2) is 6.59. The number of hydrogen-bond donors (Lipinski definition) is 1. The van der Waals surface area contributed by atoms with Crippen LogP contribution >= 0.6 is 22.9 Å². The highest BCUT2D eigenvalue weighted by Gasteiger charge is 2.30. The van der Waals surface area contributed by atoms with E-state index >= 15 is 0 Å². The first-order chi connectivity index (χ1) is 11.0. The van der Waals surface area contributed by atoms with Crippen molar-refractivity contribution in [3.05, 3.63) is 39.9 Å². The molecule has 2 atom stereocenters. The van der Waals surface area contributed by atoms with Crippen LogP contribution in [0.15, 0.2) is 24.3 Å². The first kappa shape index (κ1) is 16.4. The van der Waals surface area contributed by atoms with Gasteiger partial charge in [0.15, 0.2) is 0 Å². The van der Waals surface area contributed by atoms with E-state index in [1.165, 1.54) is 4.88 Å². The Kier molecular flexibility index (Phi) is 4.71. The van der Waals surface area contributed by atoms with Crippen LogP contribution in [0.1, 0.15) is 30.0 Å². The van der Waals surface area contributed by atoms with Crippen molar-refractivity contribution in [2.75, 3.05) is 13.6 Å². The van der Waals surface area contributed by atoms with E-state index in [2.05, 4.69) is 17.2 Å². The summed E-state index contributed by atoms with van der Waals surface area (Å²) in [6.45, 7) is 4.94. The summed E-state index contributed by atoms with van der Waals surface area (Å²) in [6.07, 6.45) is 0.863. The fraction of sp³-hybridized carbons (Fsp3) is 0.412. The van der Waals surface area contributed by atoms with E-state index in [1.807, 2.05) is 38.2 Å². The fourth-order valence-electron chi connectivity index (χ4n) is 2.88. The summed E-state index contributed by atoms with van der Waals surface area (Å²) in [5.41, 5.74) is 2.08. The highest BCUT2D eigenvalue weighted by atomic mass is 35.5. The lowest BCUT2D eigenvalue weighted by molar-refractivity contribution is -0.128. The molecule has 122 valence electrons. The highest BCUT2D eigenvalue weighted by Crippen LogP contribution is 2.32. The molecule has 2 unspecified atom stereocenters. The molecule has 0 spiro atoms. The highest BCUT2D eigenvalue weighted by molar-refractivity contribution is 7.15. The molecule has 4 nitrogen and oxygen atoms in total. The molecule has 6 heteroatoms. The molecule has 0 aliphatic carbocycles. The van der Waals surface area contributed by atoms with Crippen molar-refractivity contribution in [1.82, 2.24) is 15.2 Å². The van der Waals surface area contributed by atoms with Crippen LogP contribution in [0.3, 0.4) is 0 Å². The Hall–Kier alpha value is -1.43. The Bertz CT molecular complexity index is 713. The number of amides is 1. The molecule has 2 aromatic rings. The summed E-state index contributed by atoms with van der Waals surface area (Å²) in [5.74, 6) is 0.178. The smallest absolute Gasteiger partial charge is 0.239 e. The van der Waals surface area contributed by atoms with Gasteiger partial charge in [0.25, 0.3) is 0 Å². The number of thiazole rings is 1. The maximum Gasteiger partial charge on any atom is 0.239 e. The fourth-order valence-corrected chi connectivity index (χ4v) is 4.09. The predicted molar refractivity (Wildman–Crippen MR) is 94.9 cm³/mol. The van der Waals surface area contributed by atoms with E-state index in [1.54, 1.807) is 16.2 Å². The molecular weight excluding hydrogens is 330 g/mol. The van der Waals surface area contributed by atoms with Gasteiger partial charge in [0.2, 0.25) is 5.91 Å². The molecule has 1 aliphatic rings. The van der Waals surface area contributed by atoms with E-state index in [0.29, 0.717) is 0 Å². The molecule has 1 aromatic carbocycles. The third-order valence-electron chi connectivity index (χ3n) is 4.20. The summed E-state index contributed by atoms with van der Waals surface area (Å²) in [6, 6.07) is 7.74. The summed E-state index contributed by atoms with van der Waals surface area (Å²) in [5, 5.41) is 5.16. The van der Waals surface area contributed by atoms with Gasteiger partial charge in [0, 0.05) is 35.1 Å². The van der Waals surface area contributed by atoms with E-state index < -0.39 is 0 Å². The van der Waals surface area contributed by atoms with Crippen LogP contribution < -0.4 is 5.32 Å². The predicted octanol–water partition coefficient (Wildman–Crippen LogP) is 3.65. The lowest BCUT2D eigenvalue weighted by Crippen LogP contribution is -2.38. The summed E-state index contributed by atoms with van der Waals surface area (Å²) < 4.78 is 0. The van der Waals surface area contributed by atoms with Gasteiger partial charge in [-0.15, -0.1) is 11.3 Å². The number of aromatic nitrogens is 1. The van der Waals surface area contributed by atoms with Crippen LogP contribution in [0.2, 0.25) is 5.02 Å². The molecule has 0 saturated carbocycles. The number of nitrogens with zero attached hydrogens (tertiary/aromatic N) is 2. The summed E-state index contributed by atoms with van der Waals surface area (Å²) in [4.78, 5) is 19.7. The number of likely N-dealkylation sites (N-methyl/N-ethyl adjacent to an activating group) is 1. The van der Waals surface area contributed by atoms with Crippen LogP contribution in [-0.2, 0) is 4.79 Å². The van der Waals surface area contributed by atoms with Crippen molar-refractivity contribution in [2.45, 2.75) is 32.4 Å². The van der Waals surface area contributed by atoms with Gasteiger partial charge in [-0.1, -0.05) is 23.7 Å². The van der Waals surface area contributed by atoms with Crippen molar-refractivity contribution in [1.29, 1.82) is 0 Å². The average molecular weight is 350 g/mol. The number of hydrogen-bond acceptors (Lipinski definition) is 4. The number of carbonyl (C=O) groups excluding carboxylic acids is 1. The van der Waals surface area contributed by atoms with Gasteiger partial charge in [-0.2, -0.15) is 0 Å². The molecule has 1 amide bonds. The van der Waals surface area contributed by atoms with Gasteiger partial charge < -0.3 is 4.90 Å². The van der Waals surface area contributed by atoms with E-state index in [4.69, 9.17) is 11.6 Å². The maximum atomic E-state index is 12.1. The molecule has 23 heavy (non-hydrogen) atoms. The second-order valence-corrected chi connectivity index (χ2v) is 7.43. The Labute approximate surface area is 145 Å². The molecule has 0 bridgehead atoms. The largest absolute Gasteiger partial charge is 0.344 e. The zero-order valence-electron chi connectivity index (χ0n) is 13.5. The van der Waals surface area contributed by atoms with Crippen molar-refractivity contribution < 1.29 is 4.79 Å². The van der Waals surface area contributed by atoms with Crippen LogP contribution in [-0.4, -0.2) is 35.4 Å². The summed E-state index contributed by atoms with van der Waals surface area (Å²) in [7, 11) is 1.85. The molecule has 1 fully saturated rings. The standard InChI is InChI=1S/C17H20ClN3OS/c1-10(19-14-8-9-21(3)17(14)22)15-11(2)20-16(23-15)12-4-6-13(18)7-5-12/h4-7,10,14,19H,8-9H2,1-3H3. The molecule has 1 N–H and O–H groups in total. The monoisotopic (exact) mass is 349 g/mol. The zero-order valence-corrected chi connectivity index (χ0v) is 15.0. The first-order valence-corrected chi connectivity index (χ1v) is 8.89. The van der Waals surface area contributed by atoms with Crippen LogP contribution in [0, 0.1) is 6.92 Å². The molecule has 1 aliphatic heterocycles. The summed E-state index contributed by atoms with van der Waals surface area (Å²) >= 11 is 7.61. The zero-order chi connectivity index (χ0) is 16.6. The van der Waals surface area contributed by atoms with Gasteiger partial charge >= 0.3 is 0 Å². The van der Waals surface area contributed by atoms with Crippen molar-refractivity contribution >= 4 is 28.8 Å². The Morgan fingerprint density at radius 3 is 2.70 bits per heavy atom. The van der Waals surface area contributed by atoms with Gasteiger partial charge in [-0.3, -0.25) is 10.1 Å². The average Bonchev–Trinajstić information content (AvgIpc) is 3.06. The Morgan fingerprint density at radius 1 is 1.39 bits per heavy atom. The molecule has 2 heterocycles. The quantitative estimate of drug-likeness (QED) is 0.916. The molecule has 1 saturated heterocycles. The van der Waals surface area contributed by atoms with E-state index in [9.17, 15) is 4.79 Å². The van der Waals surface area contributed by atoms with E-state index in [-0.39, 0.29) is 18.0 Å². The lowest BCUT2D eigenvalue weighted by atomic mass is 10.2. The molecule has 1 aromatic heterocycles. The van der Waals surface area contributed by atoms with Crippen LogP contribution in [0.5, 0.6) is 0 Å². The minimum absolute atomic E-state index is 0.0875. The van der Waals surface area contributed by atoms with Crippen molar-refractivity contribution in [3.8, 4) is 10.6 Å². The number of halogens is 1. The number of nitrogens with one attached hydrogen (secondary N) is 1. The maximum absolute atomic E-state index is 12.1. The first-order valence-electron chi connectivity index (χ1n) is 7.70. The number of carbonyl (C=O) groups is 1. The van der Waals surface area contributed by atoms with Crippen LogP contribution in [0.25, 0.3) is 10.6 Å². The molecule has 3 rings (SSSR count). The SMILES string of the molecule is Cc1nc(-c2ccc(Cl)cc2)sc1C(C)NC1CCN(C)C1=O. The molecular formula is C17H20ClN3OS. The second-order valence-electron chi connectivity index (χ2n) is 5.96. The Morgan fingerprint density at radius 2 is 2.09 bits per heavy atom. The van der Waals surface area contributed by atoms with Gasteiger partial charge in [-0.05, 0) is 32.4 Å². The third-order valence-corrected chi connectivity index (χ3v) is 5.84. The minimum atomic E-state index is -0.0875. The van der Waals surface area contributed by atoms with Gasteiger partial charge in [0.1, 0.15) is 5.01 Å². The number of benzene rings is 1. The van der Waals surface area contributed by atoms with Crippen LogP contribution in [0.4, 0.5) is 0 Å². The minimum Gasteiger partial charge on any atom is -0.344 e. The Balaban J connectivity index is 1.78. The normalized spacial score (nSPS) is 19.4. The number of rotatable bonds is 4. The lowest BCUT2D eigenvalue weighted by Gasteiger charge is -2.17. The number of aryl methyl sites for hydroxylation is 1. The van der Waals surface area contributed by atoms with E-state index in [0.717, 1.165) is 34.3 Å².